The van der Waals surface area contributed by atoms with E-state index in [1.165, 1.54) is 12.0 Å². The Balaban J connectivity index is 1.24. The van der Waals surface area contributed by atoms with Gasteiger partial charge in [-0.3, -0.25) is 9.89 Å². The van der Waals surface area contributed by atoms with E-state index in [9.17, 15) is 4.79 Å². The van der Waals surface area contributed by atoms with E-state index in [1.54, 1.807) is 6.20 Å². The van der Waals surface area contributed by atoms with Crippen LogP contribution in [0, 0.1) is 0 Å². The molecule has 1 atom stereocenters. The maximum absolute atomic E-state index is 12.4. The summed E-state index contributed by atoms with van der Waals surface area (Å²) in [5.74, 6) is 0.585. The third-order valence-electron chi connectivity index (χ3n) is 5.22. The van der Waals surface area contributed by atoms with Crippen LogP contribution >= 0.6 is 0 Å². The lowest BCUT2D eigenvalue weighted by Crippen LogP contribution is -2.33. The molecule has 0 bridgehead atoms. The standard InChI is InChI=1S/C22H24N4O/c27-22(19-8-6-18(7-9-19)21-10-12-24-25-21)23-13-15-26-14-11-20(16-26)17-4-2-1-3-5-17/h1-10,12,20H,11,13-16H2,(H,23,27)(H,24,25). The van der Waals surface area contributed by atoms with Gasteiger partial charge in [0.1, 0.15) is 0 Å². The van der Waals surface area contributed by atoms with E-state index >= 15 is 0 Å². The van der Waals surface area contributed by atoms with E-state index in [1.807, 2.05) is 30.3 Å². The molecule has 2 heterocycles. The number of nitrogens with zero attached hydrogens (tertiary/aromatic N) is 2. The number of hydrogen-bond acceptors (Lipinski definition) is 3. The second kappa shape index (κ2) is 8.18. The monoisotopic (exact) mass is 360 g/mol. The highest BCUT2D eigenvalue weighted by molar-refractivity contribution is 5.94. The van der Waals surface area contributed by atoms with E-state index in [4.69, 9.17) is 0 Å². The lowest BCUT2D eigenvalue weighted by Gasteiger charge is -2.16. The minimum atomic E-state index is -0.0232. The van der Waals surface area contributed by atoms with Crippen LogP contribution in [0.5, 0.6) is 0 Å². The lowest BCUT2D eigenvalue weighted by atomic mass is 9.99. The molecule has 0 spiro atoms. The molecule has 1 aliphatic heterocycles. The zero-order valence-corrected chi connectivity index (χ0v) is 15.3. The molecule has 1 aromatic heterocycles. The van der Waals surface area contributed by atoms with Crippen LogP contribution in [0.2, 0.25) is 0 Å². The number of aromatic nitrogens is 2. The highest BCUT2D eigenvalue weighted by Gasteiger charge is 2.23. The normalized spacial score (nSPS) is 17.1. The van der Waals surface area contributed by atoms with Gasteiger partial charge in [0.2, 0.25) is 0 Å². The molecule has 3 aromatic rings. The highest BCUT2D eigenvalue weighted by Crippen LogP contribution is 2.26. The van der Waals surface area contributed by atoms with Crippen LogP contribution in [0.1, 0.15) is 28.3 Å². The maximum Gasteiger partial charge on any atom is 0.251 e. The smallest absolute Gasteiger partial charge is 0.251 e. The molecule has 1 aliphatic rings. The van der Waals surface area contributed by atoms with Crippen LogP contribution < -0.4 is 5.32 Å². The highest BCUT2D eigenvalue weighted by atomic mass is 16.1. The molecule has 1 unspecified atom stereocenters. The Bertz CT molecular complexity index is 859. The molecule has 1 amide bonds. The summed E-state index contributed by atoms with van der Waals surface area (Å²) in [4.78, 5) is 14.8. The predicted octanol–water partition coefficient (Wildman–Crippen LogP) is 3.30. The average Bonchev–Trinajstić information content (AvgIpc) is 3.41. The van der Waals surface area contributed by atoms with Gasteiger partial charge in [-0.05, 0) is 48.2 Å². The van der Waals surface area contributed by atoms with Crippen molar-refractivity contribution in [2.45, 2.75) is 12.3 Å². The van der Waals surface area contributed by atoms with Crippen LogP contribution in [0.4, 0.5) is 0 Å². The Kier molecular flexibility index (Phi) is 5.30. The fourth-order valence-corrected chi connectivity index (χ4v) is 3.68. The molecule has 0 aliphatic carbocycles. The summed E-state index contributed by atoms with van der Waals surface area (Å²) >= 11 is 0. The van der Waals surface area contributed by atoms with Crippen molar-refractivity contribution in [2.75, 3.05) is 26.2 Å². The minimum absolute atomic E-state index is 0.0232. The van der Waals surface area contributed by atoms with Gasteiger partial charge < -0.3 is 10.2 Å². The summed E-state index contributed by atoms with van der Waals surface area (Å²) in [6.45, 7) is 3.72. The van der Waals surface area contributed by atoms with Crippen molar-refractivity contribution in [2.24, 2.45) is 0 Å². The Hall–Kier alpha value is -2.92. The molecule has 0 saturated carbocycles. The summed E-state index contributed by atoms with van der Waals surface area (Å²) in [6.07, 6.45) is 2.91. The lowest BCUT2D eigenvalue weighted by molar-refractivity contribution is 0.0949. The van der Waals surface area contributed by atoms with Crippen LogP contribution in [-0.4, -0.2) is 47.2 Å². The zero-order valence-electron chi connectivity index (χ0n) is 15.3. The van der Waals surface area contributed by atoms with Gasteiger partial charge in [-0.25, -0.2) is 0 Å². The van der Waals surface area contributed by atoms with Gasteiger partial charge in [-0.1, -0.05) is 42.5 Å². The Morgan fingerprint density at radius 2 is 1.93 bits per heavy atom. The van der Waals surface area contributed by atoms with E-state index in [2.05, 4.69) is 50.7 Å². The van der Waals surface area contributed by atoms with Gasteiger partial charge in [0.25, 0.3) is 5.91 Å². The molecule has 2 aromatic carbocycles. The maximum atomic E-state index is 12.4. The van der Waals surface area contributed by atoms with Crippen LogP contribution in [0.25, 0.3) is 11.3 Å². The molecule has 138 valence electrons. The molecular formula is C22H24N4O. The number of rotatable bonds is 6. The predicted molar refractivity (Wildman–Crippen MR) is 107 cm³/mol. The van der Waals surface area contributed by atoms with Crippen molar-refractivity contribution in [3.63, 3.8) is 0 Å². The number of hydrogen-bond donors (Lipinski definition) is 2. The number of benzene rings is 2. The van der Waals surface area contributed by atoms with Crippen molar-refractivity contribution >= 4 is 5.91 Å². The Labute approximate surface area is 159 Å². The summed E-state index contributed by atoms with van der Waals surface area (Å²) in [5, 5.41) is 9.91. The van der Waals surface area contributed by atoms with Crippen molar-refractivity contribution < 1.29 is 4.79 Å². The molecule has 1 fully saturated rings. The first-order chi connectivity index (χ1) is 13.3. The molecule has 2 N–H and O–H groups in total. The first-order valence-corrected chi connectivity index (χ1v) is 9.45. The topological polar surface area (TPSA) is 61.0 Å². The Morgan fingerprint density at radius 1 is 1.11 bits per heavy atom. The largest absolute Gasteiger partial charge is 0.351 e. The molecule has 27 heavy (non-hydrogen) atoms. The SMILES string of the molecule is O=C(NCCN1CCC(c2ccccc2)C1)c1ccc(-c2ccn[nH]2)cc1. The number of carbonyl (C=O) groups is 1. The van der Waals surface area contributed by atoms with Gasteiger partial charge in [0.15, 0.2) is 0 Å². The minimum Gasteiger partial charge on any atom is -0.351 e. The van der Waals surface area contributed by atoms with E-state index in [-0.39, 0.29) is 5.91 Å². The first kappa shape index (κ1) is 17.5. The number of nitrogens with one attached hydrogen (secondary N) is 2. The Morgan fingerprint density at radius 3 is 2.67 bits per heavy atom. The van der Waals surface area contributed by atoms with Crippen molar-refractivity contribution in [1.29, 1.82) is 0 Å². The van der Waals surface area contributed by atoms with Gasteiger partial charge in [0.05, 0.1) is 5.69 Å². The summed E-state index contributed by atoms with van der Waals surface area (Å²) in [6, 6.07) is 20.2. The fraction of sp³-hybridized carbons (Fsp3) is 0.273. The number of amides is 1. The van der Waals surface area contributed by atoms with Gasteiger partial charge in [-0.2, -0.15) is 5.10 Å². The van der Waals surface area contributed by atoms with Gasteiger partial charge in [-0.15, -0.1) is 0 Å². The molecule has 1 saturated heterocycles. The van der Waals surface area contributed by atoms with Crippen LogP contribution in [0.3, 0.4) is 0 Å². The number of H-pyrrole nitrogens is 1. The van der Waals surface area contributed by atoms with E-state index in [0.717, 1.165) is 30.9 Å². The van der Waals surface area contributed by atoms with Gasteiger partial charge in [0, 0.05) is 31.4 Å². The summed E-state index contributed by atoms with van der Waals surface area (Å²) in [7, 11) is 0. The molecule has 4 rings (SSSR count). The van der Waals surface area contributed by atoms with Crippen molar-refractivity contribution in [3.8, 4) is 11.3 Å². The summed E-state index contributed by atoms with van der Waals surface area (Å²) < 4.78 is 0. The zero-order chi connectivity index (χ0) is 18.5. The fourth-order valence-electron chi connectivity index (χ4n) is 3.68. The molecule has 5 heteroatoms. The third-order valence-corrected chi connectivity index (χ3v) is 5.22. The van der Waals surface area contributed by atoms with Crippen LogP contribution in [-0.2, 0) is 0 Å². The quantitative estimate of drug-likeness (QED) is 0.709. The van der Waals surface area contributed by atoms with Crippen LogP contribution in [0.15, 0.2) is 66.9 Å². The second-order valence-corrected chi connectivity index (χ2v) is 7.00. The first-order valence-electron chi connectivity index (χ1n) is 9.45. The van der Waals surface area contributed by atoms with Gasteiger partial charge >= 0.3 is 0 Å². The number of carbonyl (C=O) groups excluding carboxylic acids is 1. The molecule has 5 nitrogen and oxygen atoms in total. The third kappa shape index (κ3) is 4.26. The van der Waals surface area contributed by atoms with E-state index < -0.39 is 0 Å². The average molecular weight is 360 g/mol. The van der Waals surface area contributed by atoms with E-state index in [0.29, 0.717) is 18.0 Å². The molecular weight excluding hydrogens is 336 g/mol. The summed E-state index contributed by atoms with van der Waals surface area (Å²) in [5.41, 5.74) is 4.07. The second-order valence-electron chi connectivity index (χ2n) is 7.00. The number of aromatic amines is 1. The number of likely N-dealkylation sites (tertiary alicyclic amines) is 1. The van der Waals surface area contributed by atoms with Crippen molar-refractivity contribution in [1.82, 2.24) is 20.4 Å². The van der Waals surface area contributed by atoms with Crippen molar-refractivity contribution in [3.05, 3.63) is 78.0 Å². The molecule has 0 radical (unpaired) electrons.